The van der Waals surface area contributed by atoms with Gasteiger partial charge in [0.2, 0.25) is 0 Å². The number of azide groups is 1. The zero-order valence-electron chi connectivity index (χ0n) is 5.88. The van der Waals surface area contributed by atoms with Crippen LogP contribution in [0.3, 0.4) is 0 Å². The summed E-state index contributed by atoms with van der Waals surface area (Å²) in [5.74, 6) is 0. The van der Waals surface area contributed by atoms with Crippen molar-refractivity contribution in [2.45, 2.75) is 4.90 Å². The Morgan fingerprint density at radius 3 is 2.75 bits per heavy atom. The molecule has 1 radical (unpaired) electrons. The van der Waals surface area contributed by atoms with Crippen LogP contribution < -0.4 is 0 Å². The number of rotatable bonds is 2. The van der Waals surface area contributed by atoms with E-state index in [0.29, 0.717) is 0 Å². The number of benzene rings is 1. The fourth-order valence-corrected chi connectivity index (χ4v) is 1.28. The van der Waals surface area contributed by atoms with Crippen LogP contribution in [-0.2, 0) is 10.0 Å². The zero-order valence-corrected chi connectivity index (χ0v) is 6.69. The maximum Gasteiger partial charge on any atom is 0.264 e. The van der Waals surface area contributed by atoms with Crippen molar-refractivity contribution in [3.8, 4) is 0 Å². The summed E-state index contributed by atoms with van der Waals surface area (Å²) in [6, 6.07) is 8.32. The van der Waals surface area contributed by atoms with Crippen molar-refractivity contribution < 1.29 is 8.42 Å². The molecule has 0 fully saturated rings. The van der Waals surface area contributed by atoms with Crippen molar-refractivity contribution in [3.05, 3.63) is 40.8 Å². The van der Waals surface area contributed by atoms with E-state index in [0.717, 1.165) is 0 Å². The second kappa shape index (κ2) is 3.25. The quantitative estimate of drug-likeness (QED) is 0.394. The lowest BCUT2D eigenvalue weighted by atomic mass is 10.4. The van der Waals surface area contributed by atoms with Gasteiger partial charge in [0.05, 0.1) is 4.90 Å². The van der Waals surface area contributed by atoms with Crippen molar-refractivity contribution >= 4 is 10.0 Å². The first-order valence-electron chi connectivity index (χ1n) is 2.95. The van der Waals surface area contributed by atoms with E-state index in [1.165, 1.54) is 18.2 Å². The SMILES string of the molecule is [N-]=[N+]=NS(=O)(=O)c1[c]cccc1. The van der Waals surface area contributed by atoms with E-state index in [-0.39, 0.29) is 4.90 Å². The van der Waals surface area contributed by atoms with Gasteiger partial charge in [0.25, 0.3) is 10.0 Å². The fraction of sp³-hybridized carbons (Fsp3) is 0. The lowest BCUT2D eigenvalue weighted by Gasteiger charge is -1.92. The molecule has 5 nitrogen and oxygen atoms in total. The average Bonchev–Trinajstić information content (AvgIpc) is 2.06. The molecular formula is C6H4N3O2S. The van der Waals surface area contributed by atoms with Gasteiger partial charge in [-0.05, 0) is 11.6 Å². The Bertz CT molecular complexity index is 406. The van der Waals surface area contributed by atoms with Gasteiger partial charge in [-0.2, -0.15) is 0 Å². The van der Waals surface area contributed by atoms with Gasteiger partial charge >= 0.3 is 0 Å². The van der Waals surface area contributed by atoms with Gasteiger partial charge in [0.1, 0.15) is 0 Å². The normalized spacial score (nSPS) is 10.3. The van der Waals surface area contributed by atoms with Gasteiger partial charge in [-0.15, -0.1) is 0 Å². The topological polar surface area (TPSA) is 82.9 Å². The smallest absolute Gasteiger partial charge is 0.216 e. The Hall–Kier alpha value is -1.52. The first kappa shape index (κ1) is 8.58. The molecule has 1 aromatic rings. The predicted molar refractivity (Wildman–Crippen MR) is 41.6 cm³/mol. The minimum absolute atomic E-state index is 0.122. The standard InChI is InChI=1S/C6H4N3O2S/c7-8-9-12(10,11)6-4-2-1-3-5-6/h1-4H. The Morgan fingerprint density at radius 1 is 1.50 bits per heavy atom. The Morgan fingerprint density at radius 2 is 2.25 bits per heavy atom. The van der Waals surface area contributed by atoms with Crippen molar-refractivity contribution in [1.29, 1.82) is 0 Å². The molecular weight excluding hydrogens is 178 g/mol. The molecule has 0 spiro atoms. The molecule has 61 valence electrons. The summed E-state index contributed by atoms with van der Waals surface area (Å²) in [5, 5.41) is 0. The molecule has 0 saturated heterocycles. The van der Waals surface area contributed by atoms with Gasteiger partial charge in [-0.3, -0.25) is 0 Å². The van der Waals surface area contributed by atoms with Crippen molar-refractivity contribution in [2.24, 2.45) is 4.52 Å². The monoisotopic (exact) mass is 182 g/mol. The largest absolute Gasteiger partial charge is 0.264 e. The summed E-state index contributed by atoms with van der Waals surface area (Å²) in [5.41, 5.74) is 7.93. The molecule has 0 atom stereocenters. The maximum atomic E-state index is 11.0. The van der Waals surface area contributed by atoms with Crippen molar-refractivity contribution in [2.75, 3.05) is 0 Å². The molecule has 0 saturated carbocycles. The predicted octanol–water partition coefficient (Wildman–Crippen LogP) is 1.49. The third kappa shape index (κ3) is 1.75. The van der Waals surface area contributed by atoms with Crippen molar-refractivity contribution in [1.82, 2.24) is 0 Å². The van der Waals surface area contributed by atoms with Gasteiger partial charge < -0.3 is 0 Å². The average molecular weight is 182 g/mol. The highest BCUT2D eigenvalue weighted by atomic mass is 32.2. The summed E-state index contributed by atoms with van der Waals surface area (Å²) >= 11 is 0. The van der Waals surface area contributed by atoms with Crippen LogP contribution in [0.25, 0.3) is 10.4 Å². The first-order valence-corrected chi connectivity index (χ1v) is 4.39. The summed E-state index contributed by atoms with van der Waals surface area (Å²) in [7, 11) is -3.86. The first-order chi connectivity index (χ1) is 5.67. The molecule has 0 amide bonds. The summed E-state index contributed by atoms with van der Waals surface area (Å²) < 4.78 is 24.6. The Kier molecular flexibility index (Phi) is 2.32. The van der Waals surface area contributed by atoms with Gasteiger partial charge in [0, 0.05) is 15.5 Å². The molecule has 6 heteroatoms. The van der Waals surface area contributed by atoms with E-state index >= 15 is 0 Å². The van der Waals surface area contributed by atoms with E-state index in [9.17, 15) is 8.42 Å². The second-order valence-corrected chi connectivity index (χ2v) is 3.43. The highest BCUT2D eigenvalue weighted by Gasteiger charge is 2.09. The molecule has 0 aromatic heterocycles. The molecule has 0 heterocycles. The molecule has 0 N–H and O–H groups in total. The minimum Gasteiger partial charge on any atom is -0.216 e. The highest BCUT2D eigenvalue weighted by molar-refractivity contribution is 7.90. The van der Waals surface area contributed by atoms with Gasteiger partial charge in [-0.25, -0.2) is 8.42 Å². The molecule has 0 aliphatic heterocycles. The van der Waals surface area contributed by atoms with Crippen LogP contribution in [0.2, 0.25) is 0 Å². The number of hydrogen-bond donors (Lipinski definition) is 0. The zero-order chi connectivity index (χ0) is 9.03. The van der Waals surface area contributed by atoms with Crippen LogP contribution in [0.1, 0.15) is 0 Å². The maximum absolute atomic E-state index is 11.0. The van der Waals surface area contributed by atoms with Crippen LogP contribution in [0.4, 0.5) is 0 Å². The molecule has 1 rings (SSSR count). The lowest BCUT2D eigenvalue weighted by molar-refractivity contribution is 0.597. The van der Waals surface area contributed by atoms with Crippen LogP contribution in [0.15, 0.2) is 33.7 Å². The highest BCUT2D eigenvalue weighted by Crippen LogP contribution is 2.09. The molecule has 0 aliphatic carbocycles. The minimum atomic E-state index is -3.86. The molecule has 1 aromatic carbocycles. The number of sulfonamides is 1. The van der Waals surface area contributed by atoms with Gasteiger partial charge in [0.15, 0.2) is 0 Å². The molecule has 12 heavy (non-hydrogen) atoms. The van der Waals surface area contributed by atoms with Gasteiger partial charge in [-0.1, -0.05) is 18.2 Å². The summed E-state index contributed by atoms with van der Waals surface area (Å²) in [6.45, 7) is 0. The van der Waals surface area contributed by atoms with E-state index < -0.39 is 10.0 Å². The third-order valence-corrected chi connectivity index (χ3v) is 2.20. The number of hydrogen-bond acceptors (Lipinski definition) is 2. The van der Waals surface area contributed by atoms with Crippen LogP contribution >= 0.6 is 0 Å². The van der Waals surface area contributed by atoms with Crippen LogP contribution in [0.5, 0.6) is 0 Å². The molecule has 0 unspecified atom stereocenters. The second-order valence-electron chi connectivity index (χ2n) is 1.87. The molecule has 0 aliphatic rings. The van der Waals surface area contributed by atoms with E-state index in [1.807, 2.05) is 0 Å². The van der Waals surface area contributed by atoms with Crippen LogP contribution in [-0.4, -0.2) is 8.42 Å². The number of nitrogens with zero attached hydrogens (tertiary/aromatic N) is 3. The fourth-order valence-electron chi connectivity index (χ4n) is 0.629. The third-order valence-electron chi connectivity index (χ3n) is 1.10. The summed E-state index contributed by atoms with van der Waals surface area (Å²) in [4.78, 5) is 2.08. The molecule has 0 bridgehead atoms. The van der Waals surface area contributed by atoms with Crippen molar-refractivity contribution in [3.63, 3.8) is 0 Å². The van der Waals surface area contributed by atoms with Crippen LogP contribution in [0, 0.1) is 6.07 Å². The van der Waals surface area contributed by atoms with E-state index in [2.05, 4.69) is 15.5 Å². The van der Waals surface area contributed by atoms with E-state index in [1.54, 1.807) is 6.07 Å². The Labute approximate surface area is 69.3 Å². The van der Waals surface area contributed by atoms with E-state index in [4.69, 9.17) is 5.53 Å². The lowest BCUT2D eigenvalue weighted by Crippen LogP contribution is -1.93. The Balaban J connectivity index is 3.25. The summed E-state index contributed by atoms with van der Waals surface area (Å²) in [6.07, 6.45) is 0.